The number of anilines is 1. The molecule has 2 aromatic rings. The number of nitrogens with zero attached hydrogens (tertiary/aromatic N) is 3. The van der Waals surface area contributed by atoms with Gasteiger partial charge in [0, 0.05) is 17.7 Å². The van der Waals surface area contributed by atoms with Crippen molar-refractivity contribution in [2.24, 2.45) is 5.10 Å². The molecule has 0 bridgehead atoms. The molecular formula is C15H9ClN4O3. The summed E-state index contributed by atoms with van der Waals surface area (Å²) in [6.07, 6.45) is 0. The van der Waals surface area contributed by atoms with E-state index < -0.39 is 16.4 Å². The molecule has 23 heavy (non-hydrogen) atoms. The lowest BCUT2D eigenvalue weighted by Gasteiger charge is -2.03. The Morgan fingerprint density at radius 3 is 2.65 bits per heavy atom. The Morgan fingerprint density at radius 1 is 1.26 bits per heavy atom. The fourth-order valence-electron chi connectivity index (χ4n) is 1.71. The van der Waals surface area contributed by atoms with Gasteiger partial charge in [0.05, 0.1) is 15.6 Å². The van der Waals surface area contributed by atoms with Crippen LogP contribution in [0, 0.1) is 21.4 Å². The number of halogens is 1. The number of nitro benzene ring substituents is 1. The molecule has 0 unspecified atom stereocenters. The number of hydrogen-bond acceptors (Lipinski definition) is 6. The van der Waals surface area contributed by atoms with Gasteiger partial charge in [-0.05, 0) is 18.2 Å². The Labute approximate surface area is 136 Å². The zero-order valence-electron chi connectivity index (χ0n) is 11.6. The molecule has 0 aliphatic rings. The number of hydrogen-bond donors (Lipinski definition) is 1. The van der Waals surface area contributed by atoms with Gasteiger partial charge in [-0.25, -0.2) is 0 Å². The Bertz CT molecular complexity index is 843. The number of nitrogens with one attached hydrogen (secondary N) is 1. The van der Waals surface area contributed by atoms with Crippen molar-refractivity contribution < 1.29 is 9.72 Å². The van der Waals surface area contributed by atoms with Crippen molar-refractivity contribution in [2.75, 3.05) is 5.43 Å². The van der Waals surface area contributed by atoms with E-state index in [1.807, 2.05) is 0 Å². The van der Waals surface area contributed by atoms with Gasteiger partial charge in [0.1, 0.15) is 6.07 Å². The topological polar surface area (TPSA) is 108 Å². The quantitative estimate of drug-likeness (QED) is 0.391. The monoisotopic (exact) mass is 328 g/mol. The zero-order chi connectivity index (χ0) is 16.8. The molecule has 0 saturated heterocycles. The maximum atomic E-state index is 12.2. The summed E-state index contributed by atoms with van der Waals surface area (Å²) in [5.74, 6) is -0.643. The molecule has 0 saturated carbocycles. The van der Waals surface area contributed by atoms with Gasteiger partial charge >= 0.3 is 0 Å². The molecule has 1 N–H and O–H groups in total. The van der Waals surface area contributed by atoms with E-state index in [4.69, 9.17) is 16.9 Å². The Morgan fingerprint density at radius 2 is 2.00 bits per heavy atom. The second-order valence-electron chi connectivity index (χ2n) is 4.30. The van der Waals surface area contributed by atoms with E-state index in [9.17, 15) is 14.9 Å². The predicted molar refractivity (Wildman–Crippen MR) is 85.5 cm³/mol. The van der Waals surface area contributed by atoms with Crippen molar-refractivity contribution >= 4 is 34.5 Å². The van der Waals surface area contributed by atoms with Crippen LogP contribution in [-0.2, 0) is 0 Å². The third kappa shape index (κ3) is 3.90. The average Bonchev–Trinajstić information content (AvgIpc) is 2.56. The van der Waals surface area contributed by atoms with Crippen LogP contribution in [-0.4, -0.2) is 16.4 Å². The van der Waals surface area contributed by atoms with Gasteiger partial charge in [0.2, 0.25) is 11.5 Å². The summed E-state index contributed by atoms with van der Waals surface area (Å²) in [4.78, 5) is 22.3. The molecule has 0 spiro atoms. The summed E-state index contributed by atoms with van der Waals surface area (Å²) in [5, 5.41) is 23.7. The predicted octanol–water partition coefficient (Wildman–Crippen LogP) is 3.42. The van der Waals surface area contributed by atoms with Crippen molar-refractivity contribution in [3.63, 3.8) is 0 Å². The van der Waals surface area contributed by atoms with Gasteiger partial charge in [0.15, 0.2) is 0 Å². The molecule has 2 aromatic carbocycles. The maximum Gasteiger partial charge on any atom is 0.271 e. The first-order chi connectivity index (χ1) is 11.0. The van der Waals surface area contributed by atoms with Gasteiger partial charge in [-0.1, -0.05) is 29.8 Å². The van der Waals surface area contributed by atoms with E-state index in [-0.39, 0.29) is 22.0 Å². The second kappa shape index (κ2) is 7.15. The minimum Gasteiger partial charge on any atom is -0.286 e. The molecule has 8 heteroatoms. The number of nitro groups is 1. The summed E-state index contributed by atoms with van der Waals surface area (Å²) >= 11 is 5.91. The van der Waals surface area contributed by atoms with E-state index in [1.54, 1.807) is 18.2 Å². The smallest absolute Gasteiger partial charge is 0.271 e. The van der Waals surface area contributed by atoms with Crippen LogP contribution >= 0.6 is 11.6 Å². The van der Waals surface area contributed by atoms with Gasteiger partial charge < -0.3 is 0 Å². The third-order valence-corrected chi connectivity index (χ3v) is 3.12. The van der Waals surface area contributed by atoms with Crippen molar-refractivity contribution in [1.82, 2.24) is 0 Å². The maximum absolute atomic E-state index is 12.2. The first-order valence-corrected chi connectivity index (χ1v) is 6.68. The van der Waals surface area contributed by atoms with Crippen molar-refractivity contribution in [3.05, 3.63) is 69.2 Å². The van der Waals surface area contributed by atoms with Crippen molar-refractivity contribution in [2.45, 2.75) is 0 Å². The van der Waals surface area contributed by atoms with Gasteiger partial charge in [-0.2, -0.15) is 10.4 Å². The molecule has 0 atom stereocenters. The van der Waals surface area contributed by atoms with Gasteiger partial charge in [0.25, 0.3) is 5.69 Å². The lowest BCUT2D eigenvalue weighted by molar-refractivity contribution is -0.384. The molecule has 114 valence electrons. The summed E-state index contributed by atoms with van der Waals surface area (Å²) in [5.41, 5.74) is 2.33. The number of ketones is 1. The SMILES string of the molecule is N#C/C(=N\Nc1cccc([N+](=O)[O-])c1)C(=O)c1ccccc1Cl. The number of carbonyl (C=O) groups excluding carboxylic acids is 1. The highest BCUT2D eigenvalue weighted by molar-refractivity contribution is 6.53. The summed E-state index contributed by atoms with van der Waals surface area (Å²) in [6, 6.07) is 13.5. The van der Waals surface area contributed by atoms with Crippen molar-refractivity contribution in [1.29, 1.82) is 5.26 Å². The van der Waals surface area contributed by atoms with Crippen molar-refractivity contribution in [3.8, 4) is 6.07 Å². The summed E-state index contributed by atoms with van der Waals surface area (Å²) in [7, 11) is 0. The number of benzene rings is 2. The normalized spacial score (nSPS) is 10.7. The number of rotatable bonds is 5. The standard InChI is InChI=1S/C15H9ClN4O3/c16-13-7-2-1-6-12(13)15(21)14(9-17)19-18-10-4-3-5-11(8-10)20(22)23/h1-8,18H/b19-14+. The Hall–Kier alpha value is -3.24. The molecule has 0 radical (unpaired) electrons. The van der Waals surface area contributed by atoms with Crippen LogP contribution in [0.4, 0.5) is 11.4 Å². The first-order valence-electron chi connectivity index (χ1n) is 6.30. The van der Waals surface area contributed by atoms with E-state index in [1.165, 1.54) is 36.4 Å². The lowest BCUT2D eigenvalue weighted by Crippen LogP contribution is -2.14. The highest BCUT2D eigenvalue weighted by atomic mass is 35.5. The Balaban J connectivity index is 2.25. The average molecular weight is 329 g/mol. The summed E-state index contributed by atoms with van der Waals surface area (Å²) in [6.45, 7) is 0. The summed E-state index contributed by atoms with van der Waals surface area (Å²) < 4.78 is 0. The lowest BCUT2D eigenvalue weighted by atomic mass is 10.1. The van der Waals surface area contributed by atoms with Gasteiger partial charge in [-0.3, -0.25) is 20.3 Å². The van der Waals surface area contributed by atoms with E-state index >= 15 is 0 Å². The van der Waals surface area contributed by atoms with Crippen LogP contribution < -0.4 is 5.43 Å². The number of nitriles is 1. The van der Waals surface area contributed by atoms with Crippen LogP contribution in [0.5, 0.6) is 0 Å². The molecule has 0 heterocycles. The minimum atomic E-state index is -0.643. The number of hydrazone groups is 1. The van der Waals surface area contributed by atoms with Crippen LogP contribution in [0.15, 0.2) is 53.6 Å². The first kappa shape index (κ1) is 16.1. The molecule has 0 aromatic heterocycles. The molecule has 0 amide bonds. The molecule has 0 aliphatic heterocycles. The largest absolute Gasteiger partial charge is 0.286 e. The second-order valence-corrected chi connectivity index (χ2v) is 4.71. The highest BCUT2D eigenvalue weighted by Gasteiger charge is 2.17. The minimum absolute atomic E-state index is 0.138. The van der Waals surface area contributed by atoms with Crippen LogP contribution in [0.3, 0.4) is 0 Å². The van der Waals surface area contributed by atoms with Crippen LogP contribution in [0.2, 0.25) is 5.02 Å². The van der Waals surface area contributed by atoms with E-state index in [0.29, 0.717) is 0 Å². The molecular weight excluding hydrogens is 320 g/mol. The molecule has 0 aliphatic carbocycles. The molecule has 2 rings (SSSR count). The number of carbonyl (C=O) groups is 1. The Kier molecular flexibility index (Phi) is 5.02. The van der Waals surface area contributed by atoms with Crippen LogP contribution in [0.25, 0.3) is 0 Å². The van der Waals surface area contributed by atoms with E-state index in [2.05, 4.69) is 10.5 Å². The fraction of sp³-hybridized carbons (Fsp3) is 0. The highest BCUT2D eigenvalue weighted by Crippen LogP contribution is 2.18. The number of non-ortho nitro benzene ring substituents is 1. The van der Waals surface area contributed by atoms with Gasteiger partial charge in [-0.15, -0.1) is 0 Å². The fourth-order valence-corrected chi connectivity index (χ4v) is 1.93. The number of Topliss-reactive ketones (excluding diaryl/α,β-unsaturated/α-hetero) is 1. The molecule has 0 fully saturated rings. The zero-order valence-corrected chi connectivity index (χ0v) is 12.3. The third-order valence-electron chi connectivity index (χ3n) is 2.79. The molecule has 7 nitrogen and oxygen atoms in total. The van der Waals surface area contributed by atoms with E-state index in [0.717, 1.165) is 0 Å². The van der Waals surface area contributed by atoms with Crippen LogP contribution in [0.1, 0.15) is 10.4 Å².